The maximum absolute atomic E-state index is 11.8. The van der Waals surface area contributed by atoms with Gasteiger partial charge in [-0.25, -0.2) is 8.42 Å². The van der Waals surface area contributed by atoms with E-state index in [4.69, 9.17) is 23.2 Å². The first kappa shape index (κ1) is 15.5. The molecule has 1 aromatic carbocycles. The fraction of sp³-hybridized carbons (Fsp3) is 0.250. The number of nitrogens with one attached hydrogen (secondary N) is 1. The third kappa shape index (κ3) is 4.99. The molecule has 0 unspecified atom stereocenters. The van der Waals surface area contributed by atoms with Gasteiger partial charge in [0.05, 0.1) is 4.90 Å². The molecule has 0 heterocycles. The summed E-state index contributed by atoms with van der Waals surface area (Å²) in [4.78, 5) is 4.77. The molecule has 10 heteroatoms. The lowest BCUT2D eigenvalue weighted by Gasteiger charge is -2.09. The third-order valence-corrected chi connectivity index (χ3v) is 3.18. The predicted octanol–water partition coefficient (Wildman–Crippen LogP) is 2.77. The lowest BCUT2D eigenvalue weighted by atomic mass is 10.4. The van der Waals surface area contributed by atoms with Crippen molar-refractivity contribution in [2.45, 2.75) is 11.1 Å². The molecule has 0 fully saturated rings. The molecule has 0 atom stereocenters. The molecule has 102 valence electrons. The van der Waals surface area contributed by atoms with E-state index in [1.807, 2.05) is 0 Å². The van der Waals surface area contributed by atoms with Crippen LogP contribution in [0.1, 0.15) is 0 Å². The fourth-order valence-corrected chi connectivity index (χ4v) is 2.45. The molecule has 0 aliphatic heterocycles. The van der Waals surface area contributed by atoms with Crippen molar-refractivity contribution in [3.63, 3.8) is 0 Å². The van der Waals surface area contributed by atoms with Crippen LogP contribution in [0, 0.1) is 0 Å². The Kier molecular flexibility index (Phi) is 4.84. The number of sulfonamides is 1. The van der Waals surface area contributed by atoms with Crippen LogP contribution < -0.4 is 4.89 Å². The first-order valence-corrected chi connectivity index (χ1v) is 6.50. The zero-order valence-electron chi connectivity index (χ0n) is 8.46. The van der Waals surface area contributed by atoms with E-state index in [0.717, 1.165) is 12.1 Å². The molecule has 1 aromatic rings. The zero-order valence-corrected chi connectivity index (χ0v) is 10.8. The first-order chi connectivity index (χ1) is 8.10. The smallest absolute Gasteiger partial charge is 0.277 e. The number of benzene rings is 1. The van der Waals surface area contributed by atoms with Gasteiger partial charge in [-0.1, -0.05) is 28.1 Å². The Morgan fingerprint density at radius 3 is 2.11 bits per heavy atom. The van der Waals surface area contributed by atoms with Gasteiger partial charge in [-0.15, -0.1) is 0 Å². The SMILES string of the molecule is O=S(=O)(NOCC(F)(F)F)c1cc(Cl)cc(Cl)c1. The standard InChI is InChI=1S/C8H6Cl2F3NO3S/c9-5-1-6(10)3-7(2-5)18(15,16)14-17-4-8(11,12)13/h1-3,14H,4H2. The molecule has 0 saturated carbocycles. The van der Waals surface area contributed by atoms with Crippen LogP contribution >= 0.6 is 23.2 Å². The minimum absolute atomic E-state index is 0.0266. The zero-order chi connectivity index (χ0) is 14.0. The summed E-state index contributed by atoms with van der Waals surface area (Å²) in [5.41, 5.74) is 0. The number of alkyl halides is 3. The highest BCUT2D eigenvalue weighted by Crippen LogP contribution is 2.22. The molecule has 1 rings (SSSR count). The average Bonchev–Trinajstić information content (AvgIpc) is 2.13. The van der Waals surface area contributed by atoms with Crippen molar-refractivity contribution in [1.29, 1.82) is 0 Å². The Balaban J connectivity index is 2.80. The Bertz CT molecular complexity index is 513. The van der Waals surface area contributed by atoms with Crippen LogP contribution in [0.3, 0.4) is 0 Å². The lowest BCUT2D eigenvalue weighted by Crippen LogP contribution is -2.29. The highest BCUT2D eigenvalue weighted by Gasteiger charge is 2.29. The van der Waals surface area contributed by atoms with Crippen LogP contribution in [0.15, 0.2) is 23.1 Å². The Labute approximate surface area is 111 Å². The van der Waals surface area contributed by atoms with E-state index in [1.165, 1.54) is 11.0 Å². The summed E-state index contributed by atoms with van der Waals surface area (Å²) in [5, 5.41) is 0.0531. The van der Waals surface area contributed by atoms with Crippen molar-refractivity contribution in [3.05, 3.63) is 28.2 Å². The van der Waals surface area contributed by atoms with Crippen molar-refractivity contribution in [2.75, 3.05) is 6.61 Å². The molecule has 0 radical (unpaired) electrons. The van der Waals surface area contributed by atoms with Crippen LogP contribution in [0.4, 0.5) is 13.2 Å². The van der Waals surface area contributed by atoms with Gasteiger partial charge in [-0.2, -0.15) is 13.2 Å². The summed E-state index contributed by atoms with van der Waals surface area (Å²) >= 11 is 11.1. The van der Waals surface area contributed by atoms with Gasteiger partial charge in [0, 0.05) is 10.0 Å². The third-order valence-electron chi connectivity index (χ3n) is 1.55. The van der Waals surface area contributed by atoms with Gasteiger partial charge in [0.15, 0.2) is 6.61 Å². The molecule has 0 bridgehead atoms. The molecule has 4 nitrogen and oxygen atoms in total. The minimum Gasteiger partial charge on any atom is -0.277 e. The quantitative estimate of drug-likeness (QED) is 0.867. The molecule has 0 aromatic heterocycles. The van der Waals surface area contributed by atoms with Crippen molar-refractivity contribution in [3.8, 4) is 0 Å². The van der Waals surface area contributed by atoms with E-state index >= 15 is 0 Å². The van der Waals surface area contributed by atoms with Gasteiger partial charge >= 0.3 is 6.18 Å². The molecule has 18 heavy (non-hydrogen) atoms. The normalized spacial score (nSPS) is 12.7. The number of hydrogen-bond acceptors (Lipinski definition) is 3. The van der Waals surface area contributed by atoms with Crippen LogP contribution in [-0.4, -0.2) is 21.2 Å². The number of halogens is 5. The number of hydrogen-bond donors (Lipinski definition) is 1. The second kappa shape index (κ2) is 5.62. The van der Waals surface area contributed by atoms with Crippen molar-refractivity contribution < 1.29 is 26.4 Å². The van der Waals surface area contributed by atoms with E-state index in [2.05, 4.69) is 4.84 Å². The molecule has 1 N–H and O–H groups in total. The summed E-state index contributed by atoms with van der Waals surface area (Å²) in [6.07, 6.45) is -4.64. The van der Waals surface area contributed by atoms with Gasteiger partial charge < -0.3 is 0 Å². The van der Waals surface area contributed by atoms with Gasteiger partial charge in [0.2, 0.25) is 0 Å². The second-order valence-corrected chi connectivity index (χ2v) is 5.61. The number of rotatable bonds is 4. The summed E-state index contributed by atoms with van der Waals surface area (Å²) in [5.74, 6) is 0. The maximum Gasteiger partial charge on any atom is 0.413 e. The van der Waals surface area contributed by atoms with Gasteiger partial charge in [0.25, 0.3) is 10.0 Å². The topological polar surface area (TPSA) is 55.4 Å². The van der Waals surface area contributed by atoms with Crippen LogP contribution in [0.25, 0.3) is 0 Å². The minimum atomic E-state index is -4.64. The monoisotopic (exact) mass is 323 g/mol. The summed E-state index contributed by atoms with van der Waals surface area (Å²) in [7, 11) is -4.27. The van der Waals surface area contributed by atoms with Gasteiger partial charge in [-0.05, 0) is 18.2 Å². The van der Waals surface area contributed by atoms with E-state index in [1.54, 1.807) is 0 Å². The summed E-state index contributed by atoms with van der Waals surface area (Å²) < 4.78 is 58.3. The lowest BCUT2D eigenvalue weighted by molar-refractivity contribution is -0.181. The fourth-order valence-electron chi connectivity index (χ4n) is 0.921. The second-order valence-electron chi connectivity index (χ2n) is 3.10. The molecule has 0 spiro atoms. The first-order valence-electron chi connectivity index (χ1n) is 4.26. The van der Waals surface area contributed by atoms with E-state index < -0.39 is 27.7 Å². The van der Waals surface area contributed by atoms with Crippen molar-refractivity contribution >= 4 is 33.2 Å². The van der Waals surface area contributed by atoms with E-state index in [0.29, 0.717) is 0 Å². The predicted molar refractivity (Wildman–Crippen MR) is 58.8 cm³/mol. The molecule has 0 amide bonds. The highest BCUT2D eigenvalue weighted by molar-refractivity contribution is 7.89. The highest BCUT2D eigenvalue weighted by atomic mass is 35.5. The molecule has 0 aliphatic carbocycles. The summed E-state index contributed by atoms with van der Waals surface area (Å²) in [6, 6.07) is 3.32. The Morgan fingerprint density at radius 1 is 1.17 bits per heavy atom. The van der Waals surface area contributed by atoms with Crippen molar-refractivity contribution in [2.24, 2.45) is 0 Å². The van der Waals surface area contributed by atoms with Gasteiger partial charge in [-0.3, -0.25) is 4.84 Å². The summed E-state index contributed by atoms with van der Waals surface area (Å²) in [6.45, 7) is -1.75. The van der Waals surface area contributed by atoms with E-state index in [-0.39, 0.29) is 10.0 Å². The average molecular weight is 324 g/mol. The molecule has 0 saturated heterocycles. The largest absolute Gasteiger partial charge is 0.413 e. The van der Waals surface area contributed by atoms with Gasteiger partial charge in [0.1, 0.15) is 0 Å². The van der Waals surface area contributed by atoms with Crippen molar-refractivity contribution in [1.82, 2.24) is 4.89 Å². The molecule has 0 aliphatic rings. The molecular weight excluding hydrogens is 318 g/mol. The van der Waals surface area contributed by atoms with Crippen LogP contribution in [-0.2, 0) is 14.9 Å². The molecular formula is C8H6Cl2F3NO3S. The Morgan fingerprint density at radius 2 is 1.67 bits per heavy atom. The van der Waals surface area contributed by atoms with E-state index in [9.17, 15) is 21.6 Å². The maximum atomic E-state index is 11.8. The Hall–Kier alpha value is -0.540. The van der Waals surface area contributed by atoms with Crippen LogP contribution in [0.5, 0.6) is 0 Å². The van der Waals surface area contributed by atoms with Crippen LogP contribution in [0.2, 0.25) is 10.0 Å².